The van der Waals surface area contributed by atoms with Crippen LogP contribution in [0.1, 0.15) is 79.1 Å². The molecule has 3 fully saturated rings. The third-order valence-corrected chi connectivity index (χ3v) is 8.42. The fourth-order valence-electron chi connectivity index (χ4n) is 7.02. The Morgan fingerprint density at radius 3 is 2.46 bits per heavy atom. The van der Waals surface area contributed by atoms with Crippen molar-refractivity contribution in [2.75, 3.05) is 0 Å². The van der Waals surface area contributed by atoms with E-state index < -0.39 is 0 Å². The van der Waals surface area contributed by atoms with Gasteiger partial charge in [0.1, 0.15) is 6.10 Å². The highest BCUT2D eigenvalue weighted by molar-refractivity contribution is 5.92. The summed E-state index contributed by atoms with van der Waals surface area (Å²) in [6.07, 6.45) is 11.0. The molecule has 0 heterocycles. The fraction of sp³-hybridized carbons (Fsp3) is 0.783. The molecule has 5 nitrogen and oxygen atoms in total. The summed E-state index contributed by atoms with van der Waals surface area (Å²) < 4.78 is 5.53. The second-order valence-electron chi connectivity index (χ2n) is 9.85. The first-order valence-electron chi connectivity index (χ1n) is 10.9. The Hall–Kier alpha value is -1.65. The summed E-state index contributed by atoms with van der Waals surface area (Å²) in [4.78, 5) is 27.6. The number of carbonyl (C=O) groups excluding carboxylic acids is 2. The van der Waals surface area contributed by atoms with Crippen molar-refractivity contribution in [1.29, 1.82) is 0 Å². The highest BCUT2D eigenvalue weighted by Gasteiger charge is 2.58. The molecule has 4 rings (SSSR count). The van der Waals surface area contributed by atoms with Crippen LogP contribution in [0.4, 0.5) is 0 Å². The molecule has 4 aliphatic carbocycles. The number of ether oxygens (including phenoxy) is 1. The molecule has 3 saturated carbocycles. The zero-order chi connectivity index (χ0) is 20.1. The number of rotatable bonds is 2. The normalized spacial score (nSPS) is 43.4. The molecule has 154 valence electrons. The molecule has 0 bridgehead atoms. The van der Waals surface area contributed by atoms with E-state index in [1.165, 1.54) is 25.8 Å². The van der Waals surface area contributed by atoms with Crippen molar-refractivity contribution < 1.29 is 19.2 Å². The monoisotopic (exact) mass is 387 g/mol. The summed E-state index contributed by atoms with van der Waals surface area (Å²) in [6, 6.07) is 0. The summed E-state index contributed by atoms with van der Waals surface area (Å²) in [5.74, 6) is 1.47. The number of allylic oxidation sites excluding steroid dienone is 1. The maximum Gasteiger partial charge on any atom is 0.331 e. The van der Waals surface area contributed by atoms with Crippen LogP contribution in [0.2, 0.25) is 0 Å². The van der Waals surface area contributed by atoms with Gasteiger partial charge in [-0.25, -0.2) is 4.79 Å². The number of fused-ring (bicyclic) bond motifs is 5. The van der Waals surface area contributed by atoms with Crippen LogP contribution in [0, 0.1) is 28.6 Å². The topological polar surface area (TPSA) is 65.0 Å². The van der Waals surface area contributed by atoms with Crippen LogP contribution in [-0.4, -0.2) is 23.8 Å². The molecule has 6 atom stereocenters. The molecular weight excluding hydrogens is 354 g/mol. The molecule has 0 amide bonds. The largest absolute Gasteiger partial charge is 0.462 e. The molecule has 0 unspecified atom stereocenters. The molecule has 0 radical (unpaired) electrons. The minimum absolute atomic E-state index is 0.0520. The zero-order valence-electron chi connectivity index (χ0n) is 17.6. The third-order valence-electron chi connectivity index (χ3n) is 8.42. The van der Waals surface area contributed by atoms with Gasteiger partial charge in [0.25, 0.3) is 0 Å². The molecule has 4 aliphatic rings. The Morgan fingerprint density at radius 2 is 1.75 bits per heavy atom. The van der Waals surface area contributed by atoms with Crippen molar-refractivity contribution in [3.05, 3.63) is 11.6 Å². The highest BCUT2D eigenvalue weighted by atomic mass is 16.7. The van der Waals surface area contributed by atoms with E-state index in [9.17, 15) is 9.59 Å². The Labute approximate surface area is 167 Å². The summed E-state index contributed by atoms with van der Waals surface area (Å²) in [7, 11) is 0. The van der Waals surface area contributed by atoms with Crippen LogP contribution >= 0.6 is 0 Å². The lowest BCUT2D eigenvalue weighted by Gasteiger charge is -2.57. The van der Waals surface area contributed by atoms with Crippen molar-refractivity contribution in [2.24, 2.45) is 33.7 Å². The van der Waals surface area contributed by atoms with Crippen LogP contribution in [0.15, 0.2) is 16.8 Å². The average molecular weight is 388 g/mol. The van der Waals surface area contributed by atoms with Gasteiger partial charge in [0.15, 0.2) is 0 Å². The second-order valence-corrected chi connectivity index (χ2v) is 9.85. The van der Waals surface area contributed by atoms with Gasteiger partial charge >= 0.3 is 11.9 Å². The van der Waals surface area contributed by atoms with E-state index in [0.29, 0.717) is 17.8 Å². The van der Waals surface area contributed by atoms with E-state index in [4.69, 9.17) is 9.57 Å². The quantitative estimate of drug-likeness (QED) is 0.295. The predicted octanol–water partition coefficient (Wildman–Crippen LogP) is 4.80. The highest BCUT2D eigenvalue weighted by Crippen LogP contribution is 2.64. The predicted molar refractivity (Wildman–Crippen MR) is 106 cm³/mol. The Kier molecular flexibility index (Phi) is 4.91. The number of esters is 1. The lowest BCUT2D eigenvalue weighted by Crippen LogP contribution is -2.50. The van der Waals surface area contributed by atoms with E-state index >= 15 is 0 Å². The smallest absolute Gasteiger partial charge is 0.331 e. The minimum Gasteiger partial charge on any atom is -0.462 e. The molecule has 0 aliphatic heterocycles. The van der Waals surface area contributed by atoms with Crippen molar-refractivity contribution >= 4 is 17.7 Å². The van der Waals surface area contributed by atoms with Crippen LogP contribution in [0.5, 0.6) is 0 Å². The Balaban J connectivity index is 1.56. The number of carbonyl (C=O) groups is 2. The molecule has 0 saturated heterocycles. The zero-order valence-corrected chi connectivity index (χ0v) is 17.6. The van der Waals surface area contributed by atoms with Gasteiger partial charge < -0.3 is 9.57 Å². The standard InChI is InChI=1S/C23H33NO4/c1-14(25)27-17-9-11-22(3)16(13-17)5-6-18-19-7-8-21(24-28-15(2)26)23(19,4)12-10-20(18)22/h5,17-20H,6-13H2,1-4H3/b24-21-/t17-,18-,19-,20-,22-,23-/m0/s1. The van der Waals surface area contributed by atoms with E-state index in [1.807, 2.05) is 0 Å². The van der Waals surface area contributed by atoms with E-state index in [0.717, 1.165) is 50.7 Å². The molecule has 0 N–H and O–H groups in total. The number of hydrogen-bond donors (Lipinski definition) is 0. The number of hydrogen-bond acceptors (Lipinski definition) is 5. The first-order chi connectivity index (χ1) is 13.2. The van der Waals surface area contributed by atoms with Crippen molar-refractivity contribution in [2.45, 2.75) is 85.2 Å². The lowest BCUT2D eigenvalue weighted by molar-refractivity contribution is -0.148. The molecule has 0 aromatic heterocycles. The molecule has 5 heteroatoms. The fourth-order valence-corrected chi connectivity index (χ4v) is 7.02. The van der Waals surface area contributed by atoms with Crippen LogP contribution < -0.4 is 0 Å². The van der Waals surface area contributed by atoms with Gasteiger partial charge in [0.2, 0.25) is 0 Å². The van der Waals surface area contributed by atoms with E-state index in [1.54, 1.807) is 0 Å². The first kappa shape index (κ1) is 19.7. The number of oxime groups is 1. The summed E-state index contributed by atoms with van der Waals surface area (Å²) in [5, 5.41) is 4.26. The number of nitrogens with zero attached hydrogens (tertiary/aromatic N) is 1. The summed E-state index contributed by atoms with van der Waals surface area (Å²) in [5.41, 5.74) is 2.90. The van der Waals surface area contributed by atoms with Crippen molar-refractivity contribution in [3.8, 4) is 0 Å². The molecule has 0 spiro atoms. The van der Waals surface area contributed by atoms with Gasteiger partial charge in [0.05, 0.1) is 5.71 Å². The van der Waals surface area contributed by atoms with E-state index in [2.05, 4.69) is 25.1 Å². The van der Waals surface area contributed by atoms with Gasteiger partial charge in [-0.05, 0) is 68.1 Å². The third kappa shape index (κ3) is 3.11. The van der Waals surface area contributed by atoms with Gasteiger partial charge in [-0.1, -0.05) is 30.7 Å². The Bertz CT molecular complexity index is 741. The molecule has 0 aromatic rings. The second kappa shape index (κ2) is 7.00. The minimum atomic E-state index is -0.337. The molecular formula is C23H33NO4. The van der Waals surface area contributed by atoms with Crippen molar-refractivity contribution in [3.63, 3.8) is 0 Å². The maximum atomic E-state index is 11.4. The van der Waals surface area contributed by atoms with Crippen molar-refractivity contribution in [1.82, 2.24) is 0 Å². The molecule has 0 aromatic carbocycles. The maximum absolute atomic E-state index is 11.4. The summed E-state index contributed by atoms with van der Waals surface area (Å²) in [6.45, 7) is 7.71. The van der Waals surface area contributed by atoms with Gasteiger partial charge in [-0.3, -0.25) is 4.79 Å². The van der Waals surface area contributed by atoms with Crippen LogP contribution in [-0.2, 0) is 19.2 Å². The van der Waals surface area contributed by atoms with Gasteiger partial charge in [0, 0.05) is 25.7 Å². The molecule has 28 heavy (non-hydrogen) atoms. The Morgan fingerprint density at radius 1 is 1.04 bits per heavy atom. The van der Waals surface area contributed by atoms with Gasteiger partial charge in [-0.15, -0.1) is 0 Å². The van der Waals surface area contributed by atoms with Gasteiger partial charge in [-0.2, -0.15) is 0 Å². The SMILES string of the molecule is CC(=O)O/N=C1/CC[C@H]2[C@@H]3CC=C4C[C@@H](OC(C)=O)CC[C@]4(C)[C@H]3CC[C@]12C. The first-order valence-corrected chi connectivity index (χ1v) is 10.9. The van der Waals surface area contributed by atoms with Crippen LogP contribution in [0.25, 0.3) is 0 Å². The van der Waals surface area contributed by atoms with E-state index in [-0.39, 0.29) is 28.9 Å². The lowest BCUT2D eigenvalue weighted by atomic mass is 9.48. The average Bonchev–Trinajstić information content (AvgIpc) is 2.96. The summed E-state index contributed by atoms with van der Waals surface area (Å²) >= 11 is 0. The van der Waals surface area contributed by atoms with Crippen LogP contribution in [0.3, 0.4) is 0 Å².